The van der Waals surface area contributed by atoms with Gasteiger partial charge in [0.15, 0.2) is 0 Å². The number of hydrogen-bond donors (Lipinski definition) is 2. The molecule has 0 aromatic heterocycles. The summed E-state index contributed by atoms with van der Waals surface area (Å²) in [6.07, 6.45) is 1.98. The van der Waals surface area contributed by atoms with E-state index in [1.54, 1.807) is 24.3 Å². The van der Waals surface area contributed by atoms with E-state index in [-0.39, 0.29) is 5.75 Å². The molecule has 0 radical (unpaired) electrons. The third-order valence-electron chi connectivity index (χ3n) is 1.27. The molecule has 2 heteroatoms. The number of phenolic OH excluding ortho intramolecular Hbond substituents is 1. The second-order valence-corrected chi connectivity index (χ2v) is 2.07. The molecule has 0 bridgehead atoms. The van der Waals surface area contributed by atoms with Crippen LogP contribution in [0.2, 0.25) is 0 Å². The van der Waals surface area contributed by atoms with Gasteiger partial charge in [0.05, 0.1) is 0 Å². The second-order valence-electron chi connectivity index (χ2n) is 2.07. The quantitative estimate of drug-likeness (QED) is 0.594. The summed E-state index contributed by atoms with van der Waals surface area (Å²) in [6.45, 7) is 0. The molecule has 10 heavy (non-hydrogen) atoms. The van der Waals surface area contributed by atoms with Crippen molar-refractivity contribution in [2.24, 2.45) is 0 Å². The van der Waals surface area contributed by atoms with Crippen molar-refractivity contribution >= 4 is 6.21 Å². The highest BCUT2D eigenvalue weighted by molar-refractivity contribution is 5.57. The number of phenols is 1. The Bertz CT molecular complexity index is 215. The van der Waals surface area contributed by atoms with Crippen LogP contribution in [0, 0.1) is 5.41 Å². The van der Waals surface area contributed by atoms with Gasteiger partial charge in [-0.2, -0.15) is 0 Å². The Hall–Kier alpha value is -1.31. The molecule has 0 spiro atoms. The lowest BCUT2D eigenvalue weighted by molar-refractivity contribution is 0.475. The van der Waals surface area contributed by atoms with E-state index < -0.39 is 0 Å². The molecule has 0 aliphatic heterocycles. The lowest BCUT2D eigenvalue weighted by Gasteiger charge is -1.94. The topological polar surface area (TPSA) is 44.1 Å². The van der Waals surface area contributed by atoms with E-state index in [9.17, 15) is 0 Å². The van der Waals surface area contributed by atoms with Crippen molar-refractivity contribution in [2.45, 2.75) is 6.42 Å². The van der Waals surface area contributed by atoms with Crippen molar-refractivity contribution in [2.75, 3.05) is 0 Å². The largest absolute Gasteiger partial charge is 0.508 e. The van der Waals surface area contributed by atoms with Gasteiger partial charge in [-0.1, -0.05) is 12.1 Å². The van der Waals surface area contributed by atoms with Gasteiger partial charge in [-0.25, -0.2) is 0 Å². The fraction of sp³-hybridized carbons (Fsp3) is 0.125. The first-order valence-electron chi connectivity index (χ1n) is 3.10. The van der Waals surface area contributed by atoms with E-state index in [1.165, 1.54) is 6.21 Å². The lowest BCUT2D eigenvalue weighted by atomic mass is 10.2. The Morgan fingerprint density at radius 3 is 2.40 bits per heavy atom. The van der Waals surface area contributed by atoms with Crippen LogP contribution in [0.1, 0.15) is 5.56 Å². The molecule has 0 saturated heterocycles. The molecule has 0 aliphatic carbocycles. The Labute approximate surface area is 59.6 Å². The van der Waals surface area contributed by atoms with Crippen LogP contribution in [-0.4, -0.2) is 11.3 Å². The lowest BCUT2D eigenvalue weighted by Crippen LogP contribution is -1.82. The van der Waals surface area contributed by atoms with Crippen LogP contribution >= 0.6 is 0 Å². The molecule has 0 fully saturated rings. The highest BCUT2D eigenvalue weighted by Crippen LogP contribution is 2.08. The first-order valence-corrected chi connectivity index (χ1v) is 3.10. The maximum absolute atomic E-state index is 8.87. The average Bonchev–Trinajstić information content (AvgIpc) is 1.95. The van der Waals surface area contributed by atoms with Crippen molar-refractivity contribution in [3.63, 3.8) is 0 Å². The second kappa shape index (κ2) is 3.01. The molecule has 0 atom stereocenters. The number of nitrogens with one attached hydrogen (secondary N) is 1. The monoisotopic (exact) mass is 135 g/mol. The molecule has 0 amide bonds. The van der Waals surface area contributed by atoms with Crippen molar-refractivity contribution in [3.05, 3.63) is 29.8 Å². The highest BCUT2D eigenvalue weighted by atomic mass is 16.3. The molecule has 0 unspecified atom stereocenters. The minimum atomic E-state index is 0.272. The van der Waals surface area contributed by atoms with Gasteiger partial charge in [-0.15, -0.1) is 0 Å². The van der Waals surface area contributed by atoms with Gasteiger partial charge in [0, 0.05) is 6.42 Å². The minimum Gasteiger partial charge on any atom is -0.508 e. The third-order valence-corrected chi connectivity index (χ3v) is 1.27. The van der Waals surface area contributed by atoms with Gasteiger partial charge >= 0.3 is 0 Å². The maximum atomic E-state index is 8.87. The SMILES string of the molecule is N=CCc1ccc(O)cc1. The van der Waals surface area contributed by atoms with Crippen molar-refractivity contribution in [1.29, 1.82) is 5.41 Å². The first kappa shape index (κ1) is 6.81. The van der Waals surface area contributed by atoms with E-state index in [0.717, 1.165) is 5.56 Å². The average molecular weight is 135 g/mol. The number of rotatable bonds is 2. The Kier molecular flexibility index (Phi) is 2.05. The summed E-state index contributed by atoms with van der Waals surface area (Å²) in [5, 5.41) is 15.7. The Morgan fingerprint density at radius 1 is 1.30 bits per heavy atom. The molecule has 52 valence electrons. The van der Waals surface area contributed by atoms with E-state index >= 15 is 0 Å². The number of hydrogen-bond acceptors (Lipinski definition) is 2. The fourth-order valence-electron chi connectivity index (χ4n) is 0.750. The van der Waals surface area contributed by atoms with Gasteiger partial charge in [-0.3, -0.25) is 0 Å². The van der Waals surface area contributed by atoms with Gasteiger partial charge in [0.1, 0.15) is 5.75 Å². The first-order chi connectivity index (χ1) is 4.83. The number of aromatic hydroxyl groups is 1. The van der Waals surface area contributed by atoms with Gasteiger partial charge in [-0.05, 0) is 23.9 Å². The van der Waals surface area contributed by atoms with Crippen LogP contribution in [0.4, 0.5) is 0 Å². The van der Waals surface area contributed by atoms with Crippen molar-refractivity contribution < 1.29 is 5.11 Å². The summed E-state index contributed by atoms with van der Waals surface area (Å²) < 4.78 is 0. The molecule has 1 aromatic rings. The zero-order valence-electron chi connectivity index (χ0n) is 5.54. The molecule has 0 aliphatic rings. The van der Waals surface area contributed by atoms with E-state index in [0.29, 0.717) is 6.42 Å². The zero-order chi connectivity index (χ0) is 7.40. The van der Waals surface area contributed by atoms with Crippen LogP contribution in [0.5, 0.6) is 5.75 Å². The van der Waals surface area contributed by atoms with Crippen LogP contribution in [0.15, 0.2) is 24.3 Å². The van der Waals surface area contributed by atoms with Crippen LogP contribution in [-0.2, 0) is 6.42 Å². The van der Waals surface area contributed by atoms with Crippen molar-refractivity contribution in [3.8, 4) is 5.75 Å². The molecule has 1 rings (SSSR count). The minimum absolute atomic E-state index is 0.272. The molecule has 0 heterocycles. The van der Waals surface area contributed by atoms with Crippen LogP contribution in [0.25, 0.3) is 0 Å². The molecule has 2 nitrogen and oxygen atoms in total. The normalized spacial score (nSPS) is 9.20. The smallest absolute Gasteiger partial charge is 0.115 e. The predicted molar refractivity (Wildman–Crippen MR) is 40.6 cm³/mol. The molecular formula is C8H9NO. The summed E-state index contributed by atoms with van der Waals surface area (Å²) in [4.78, 5) is 0. The van der Waals surface area contributed by atoms with E-state index in [4.69, 9.17) is 10.5 Å². The van der Waals surface area contributed by atoms with Crippen LogP contribution in [0.3, 0.4) is 0 Å². The molecule has 1 aromatic carbocycles. The summed E-state index contributed by atoms with van der Waals surface area (Å²) in [6, 6.07) is 6.86. The zero-order valence-corrected chi connectivity index (χ0v) is 5.54. The van der Waals surface area contributed by atoms with E-state index in [1.807, 2.05) is 0 Å². The summed E-state index contributed by atoms with van der Waals surface area (Å²) >= 11 is 0. The van der Waals surface area contributed by atoms with Crippen LogP contribution < -0.4 is 0 Å². The highest BCUT2D eigenvalue weighted by Gasteiger charge is 1.88. The van der Waals surface area contributed by atoms with Gasteiger partial charge in [0.2, 0.25) is 0 Å². The molecular weight excluding hydrogens is 126 g/mol. The van der Waals surface area contributed by atoms with Gasteiger partial charge < -0.3 is 10.5 Å². The standard InChI is InChI=1S/C8H9NO/c9-6-5-7-1-3-8(10)4-2-7/h1-4,6,9-10H,5H2. The van der Waals surface area contributed by atoms with E-state index in [2.05, 4.69) is 0 Å². The summed E-state index contributed by atoms with van der Waals surface area (Å²) in [7, 11) is 0. The summed E-state index contributed by atoms with van der Waals surface area (Å²) in [5.41, 5.74) is 1.05. The third kappa shape index (κ3) is 1.58. The van der Waals surface area contributed by atoms with Crippen molar-refractivity contribution in [1.82, 2.24) is 0 Å². The summed E-state index contributed by atoms with van der Waals surface area (Å²) in [5.74, 6) is 0.272. The predicted octanol–water partition coefficient (Wildman–Crippen LogP) is 1.58. The maximum Gasteiger partial charge on any atom is 0.115 e. The van der Waals surface area contributed by atoms with Gasteiger partial charge in [0.25, 0.3) is 0 Å². The Balaban J connectivity index is 2.78. The number of benzene rings is 1. The molecule has 2 N–H and O–H groups in total. The fourth-order valence-corrected chi connectivity index (χ4v) is 0.750. The molecule has 0 saturated carbocycles. The Morgan fingerprint density at radius 2 is 1.90 bits per heavy atom.